The van der Waals surface area contributed by atoms with Crippen LogP contribution in [0.3, 0.4) is 0 Å². The summed E-state index contributed by atoms with van der Waals surface area (Å²) in [7, 11) is 0. The molecule has 0 N–H and O–H groups in total. The van der Waals surface area contributed by atoms with Crippen LogP contribution in [0.25, 0.3) is 16.7 Å². The Morgan fingerprint density at radius 3 is 2.67 bits per heavy atom. The molecule has 0 amide bonds. The Balaban J connectivity index is 1.75. The summed E-state index contributed by atoms with van der Waals surface area (Å²) in [5.41, 5.74) is 3.47. The Bertz CT molecular complexity index is 964. The summed E-state index contributed by atoms with van der Waals surface area (Å²) in [6, 6.07) is 12.4. The molecule has 3 nitrogen and oxygen atoms in total. The van der Waals surface area contributed by atoms with Crippen molar-refractivity contribution >= 4 is 34.2 Å². The van der Waals surface area contributed by atoms with Gasteiger partial charge in [-0.15, -0.1) is 28.3 Å². The maximum Gasteiger partial charge on any atom is 0.149 e. The highest BCUT2D eigenvalue weighted by atomic mass is 35.5. The van der Waals surface area contributed by atoms with Gasteiger partial charge in [0.25, 0.3) is 0 Å². The highest BCUT2D eigenvalue weighted by Gasteiger charge is 2.64. The fourth-order valence-corrected chi connectivity index (χ4v) is 4.29. The van der Waals surface area contributed by atoms with Crippen LogP contribution in [0.5, 0.6) is 0 Å². The lowest BCUT2D eigenvalue weighted by atomic mass is 10.1. The van der Waals surface area contributed by atoms with Crippen molar-refractivity contribution in [3.8, 4) is 5.69 Å². The number of allylic oxidation sites excluding steroid dienone is 1. The third kappa shape index (κ3) is 2.25. The monoisotopic (exact) mass is 361 g/mol. The molecule has 2 atom stereocenters. The summed E-state index contributed by atoms with van der Waals surface area (Å²) in [6.07, 6.45) is 0. The maximum absolute atomic E-state index is 14.7. The summed E-state index contributed by atoms with van der Waals surface area (Å²) in [4.78, 5) is 0. The molecule has 0 aliphatic heterocycles. The van der Waals surface area contributed by atoms with Crippen LogP contribution in [0, 0.1) is 11.7 Å². The van der Waals surface area contributed by atoms with Gasteiger partial charge in [0.15, 0.2) is 0 Å². The van der Waals surface area contributed by atoms with Gasteiger partial charge in [0.2, 0.25) is 0 Å². The van der Waals surface area contributed by atoms with E-state index in [2.05, 4.69) is 16.9 Å². The minimum atomic E-state index is -0.917. The van der Waals surface area contributed by atoms with E-state index in [1.54, 1.807) is 6.07 Å². The first-order chi connectivity index (χ1) is 11.4. The van der Waals surface area contributed by atoms with E-state index >= 15 is 0 Å². The second kappa shape index (κ2) is 5.30. The van der Waals surface area contributed by atoms with Crippen LogP contribution in [0.15, 0.2) is 54.6 Å². The molecular weight excluding hydrogens is 348 g/mol. The van der Waals surface area contributed by atoms with Crippen molar-refractivity contribution in [2.45, 2.75) is 17.2 Å². The number of nitrogens with zero attached hydrogens (tertiary/aromatic N) is 3. The smallest absolute Gasteiger partial charge is 0.149 e. The van der Waals surface area contributed by atoms with E-state index in [0.717, 1.165) is 16.7 Å². The molecule has 6 heteroatoms. The molecule has 122 valence electrons. The van der Waals surface area contributed by atoms with Crippen LogP contribution in [0.2, 0.25) is 0 Å². The number of para-hydroxylation sites is 1. The highest BCUT2D eigenvalue weighted by molar-refractivity contribution is 6.52. The average Bonchev–Trinajstić information content (AvgIpc) is 2.90. The zero-order chi connectivity index (χ0) is 17.1. The minimum absolute atomic E-state index is 0.0571. The van der Waals surface area contributed by atoms with E-state index in [4.69, 9.17) is 23.2 Å². The molecule has 4 rings (SSSR count). The van der Waals surface area contributed by atoms with Crippen molar-refractivity contribution < 1.29 is 4.39 Å². The normalized spacial score (nSPS) is 21.8. The van der Waals surface area contributed by atoms with Gasteiger partial charge < -0.3 is 0 Å². The van der Waals surface area contributed by atoms with Gasteiger partial charge in [0.05, 0.1) is 5.52 Å². The van der Waals surface area contributed by atoms with Gasteiger partial charge >= 0.3 is 0 Å². The number of rotatable bonds is 3. The summed E-state index contributed by atoms with van der Waals surface area (Å²) < 4.78 is 15.3. The molecule has 24 heavy (non-hydrogen) atoms. The lowest BCUT2D eigenvalue weighted by molar-refractivity contribution is 0.607. The summed E-state index contributed by atoms with van der Waals surface area (Å²) in [6.45, 7) is 5.80. The number of fused-ring (bicyclic) bond motifs is 1. The van der Waals surface area contributed by atoms with Gasteiger partial charge in [-0.05, 0) is 36.8 Å². The Kier molecular flexibility index (Phi) is 3.44. The third-order valence-electron chi connectivity index (χ3n) is 4.50. The van der Waals surface area contributed by atoms with Crippen LogP contribution in [0.4, 0.5) is 4.39 Å². The van der Waals surface area contributed by atoms with Crippen LogP contribution in [-0.4, -0.2) is 19.3 Å². The molecule has 0 saturated heterocycles. The van der Waals surface area contributed by atoms with Crippen molar-refractivity contribution in [2.75, 3.05) is 0 Å². The first-order valence-electron chi connectivity index (χ1n) is 7.54. The van der Waals surface area contributed by atoms with Crippen molar-refractivity contribution in [1.82, 2.24) is 15.0 Å². The molecule has 1 aliphatic carbocycles. The van der Waals surface area contributed by atoms with E-state index < -0.39 is 4.33 Å². The Morgan fingerprint density at radius 1 is 1.25 bits per heavy atom. The molecule has 0 spiro atoms. The van der Waals surface area contributed by atoms with Crippen molar-refractivity contribution in [3.63, 3.8) is 0 Å². The minimum Gasteiger partial charge on any atom is -0.210 e. The Hall–Kier alpha value is -1.91. The van der Waals surface area contributed by atoms with Gasteiger partial charge in [-0.25, -0.2) is 9.07 Å². The van der Waals surface area contributed by atoms with Crippen LogP contribution >= 0.6 is 23.2 Å². The molecule has 1 aliphatic rings. The quantitative estimate of drug-likeness (QED) is 0.484. The van der Waals surface area contributed by atoms with Gasteiger partial charge in [0.1, 0.15) is 21.4 Å². The molecular formula is C18H14Cl2FN3. The molecule has 1 fully saturated rings. The number of hydrogen-bond donors (Lipinski definition) is 0. The van der Waals surface area contributed by atoms with Crippen LogP contribution in [0.1, 0.15) is 18.4 Å². The van der Waals surface area contributed by atoms with E-state index in [1.165, 1.54) is 10.7 Å². The van der Waals surface area contributed by atoms with Gasteiger partial charge in [0, 0.05) is 11.8 Å². The number of hydrogen-bond acceptors (Lipinski definition) is 2. The molecule has 3 aromatic rings. The average molecular weight is 362 g/mol. The first-order valence-corrected chi connectivity index (χ1v) is 8.30. The Labute approximate surface area is 148 Å². The zero-order valence-corrected chi connectivity index (χ0v) is 14.4. The fraction of sp³-hybridized carbons (Fsp3) is 0.222. The molecule has 1 aromatic heterocycles. The summed E-state index contributed by atoms with van der Waals surface area (Å²) in [5.74, 6) is -0.590. The van der Waals surface area contributed by atoms with Crippen molar-refractivity contribution in [2.24, 2.45) is 5.92 Å². The van der Waals surface area contributed by atoms with E-state index in [-0.39, 0.29) is 17.7 Å². The third-order valence-corrected chi connectivity index (χ3v) is 5.44. The standard InChI is InChI=1S/C18H14Cl2FN3/c1-10(2)16-17(18(16,19)20)11-7-8-14(12(21)9-11)24-15-6-4-3-5-13(15)22-23-24/h3-9,16-17H,1H2,2H3. The molecule has 1 heterocycles. The van der Waals surface area contributed by atoms with Gasteiger partial charge in [-0.1, -0.05) is 35.6 Å². The predicted octanol–water partition coefficient (Wildman–Crippen LogP) is 5.02. The predicted molar refractivity (Wildman–Crippen MR) is 94.3 cm³/mol. The fourth-order valence-electron chi connectivity index (χ4n) is 3.29. The number of halogens is 3. The SMILES string of the molecule is C=C(C)C1C(c2ccc(-n3nnc4ccccc43)c(F)c2)C1(Cl)Cl. The summed E-state index contributed by atoms with van der Waals surface area (Å²) in [5, 5.41) is 8.11. The largest absolute Gasteiger partial charge is 0.210 e. The lowest BCUT2D eigenvalue weighted by Gasteiger charge is -2.07. The number of aromatic nitrogens is 3. The van der Waals surface area contributed by atoms with E-state index in [1.807, 2.05) is 37.3 Å². The van der Waals surface area contributed by atoms with Crippen LogP contribution < -0.4 is 0 Å². The molecule has 0 radical (unpaired) electrons. The number of benzene rings is 2. The van der Waals surface area contributed by atoms with Gasteiger partial charge in [-0.2, -0.15) is 0 Å². The van der Waals surface area contributed by atoms with Crippen molar-refractivity contribution in [3.05, 3.63) is 66.0 Å². The molecule has 2 unspecified atom stereocenters. The highest BCUT2D eigenvalue weighted by Crippen LogP contribution is 2.67. The summed E-state index contributed by atoms with van der Waals surface area (Å²) >= 11 is 12.7. The topological polar surface area (TPSA) is 30.7 Å². The second-order valence-electron chi connectivity index (χ2n) is 6.18. The molecule has 1 saturated carbocycles. The first kappa shape index (κ1) is 15.6. The van der Waals surface area contributed by atoms with Gasteiger partial charge in [-0.3, -0.25) is 0 Å². The van der Waals surface area contributed by atoms with Crippen LogP contribution in [-0.2, 0) is 0 Å². The molecule has 2 aromatic carbocycles. The second-order valence-corrected chi connectivity index (χ2v) is 7.62. The number of alkyl halides is 2. The maximum atomic E-state index is 14.7. The lowest BCUT2D eigenvalue weighted by Crippen LogP contribution is -2.01. The molecule has 0 bridgehead atoms. The Morgan fingerprint density at radius 2 is 2.00 bits per heavy atom. The zero-order valence-electron chi connectivity index (χ0n) is 12.9. The van der Waals surface area contributed by atoms with Crippen molar-refractivity contribution in [1.29, 1.82) is 0 Å². The van der Waals surface area contributed by atoms with E-state index in [9.17, 15) is 4.39 Å². The van der Waals surface area contributed by atoms with E-state index in [0.29, 0.717) is 11.2 Å².